The van der Waals surface area contributed by atoms with E-state index in [-0.39, 0.29) is 0 Å². The molecule has 1 fully saturated rings. The first-order valence-corrected chi connectivity index (χ1v) is 5.02. The van der Waals surface area contributed by atoms with Gasteiger partial charge in [0.05, 0.1) is 6.10 Å². The first-order chi connectivity index (χ1) is 4.70. The molecule has 0 aromatic carbocycles. The van der Waals surface area contributed by atoms with Crippen molar-refractivity contribution >= 4 is 11.8 Å². The third-order valence-corrected chi connectivity index (χ3v) is 3.17. The molecule has 1 aliphatic rings. The molecule has 2 atom stereocenters. The monoisotopic (exact) mass is 160 g/mol. The molecule has 1 rings (SSSR count). The SMILES string of the molecule is CC1CCSC(C(C)C)O1. The van der Waals surface area contributed by atoms with Gasteiger partial charge in [-0.3, -0.25) is 0 Å². The molecule has 0 aromatic heterocycles. The van der Waals surface area contributed by atoms with Crippen molar-refractivity contribution < 1.29 is 4.74 Å². The summed E-state index contributed by atoms with van der Waals surface area (Å²) in [6.07, 6.45) is 1.70. The summed E-state index contributed by atoms with van der Waals surface area (Å²) < 4.78 is 5.71. The topological polar surface area (TPSA) is 9.23 Å². The van der Waals surface area contributed by atoms with Gasteiger partial charge in [-0.15, -0.1) is 11.8 Å². The van der Waals surface area contributed by atoms with Crippen LogP contribution in [0.4, 0.5) is 0 Å². The largest absolute Gasteiger partial charge is 0.364 e. The minimum Gasteiger partial charge on any atom is -0.364 e. The fourth-order valence-electron chi connectivity index (χ4n) is 1.04. The summed E-state index contributed by atoms with van der Waals surface area (Å²) in [7, 11) is 0. The average Bonchev–Trinajstić information content (AvgIpc) is 1.88. The second kappa shape index (κ2) is 3.63. The van der Waals surface area contributed by atoms with Gasteiger partial charge in [0.1, 0.15) is 5.44 Å². The van der Waals surface area contributed by atoms with E-state index in [0.717, 1.165) is 0 Å². The highest BCUT2D eigenvalue weighted by Crippen LogP contribution is 2.28. The highest BCUT2D eigenvalue weighted by atomic mass is 32.2. The minimum absolute atomic E-state index is 0.448. The summed E-state index contributed by atoms with van der Waals surface area (Å²) in [6, 6.07) is 0. The number of thioether (sulfide) groups is 1. The van der Waals surface area contributed by atoms with Crippen molar-refractivity contribution in [3.63, 3.8) is 0 Å². The standard InChI is InChI=1S/C8H16OS/c1-6(2)8-9-7(3)4-5-10-8/h6-8H,4-5H2,1-3H3. The molecule has 1 heterocycles. The third kappa shape index (κ3) is 2.17. The van der Waals surface area contributed by atoms with E-state index in [1.165, 1.54) is 12.2 Å². The fourth-order valence-corrected chi connectivity index (χ4v) is 2.39. The summed E-state index contributed by atoms with van der Waals surface area (Å²) in [5.74, 6) is 1.93. The van der Waals surface area contributed by atoms with Gasteiger partial charge in [0, 0.05) is 0 Å². The van der Waals surface area contributed by atoms with Gasteiger partial charge in [0.2, 0.25) is 0 Å². The molecule has 0 bridgehead atoms. The van der Waals surface area contributed by atoms with Crippen LogP contribution in [0, 0.1) is 5.92 Å². The van der Waals surface area contributed by atoms with Crippen LogP contribution in [0.5, 0.6) is 0 Å². The van der Waals surface area contributed by atoms with Gasteiger partial charge in [-0.05, 0) is 25.0 Å². The van der Waals surface area contributed by atoms with E-state index in [0.29, 0.717) is 17.5 Å². The zero-order valence-corrected chi connectivity index (χ0v) is 7.78. The minimum atomic E-state index is 0.448. The smallest absolute Gasteiger partial charge is 0.105 e. The lowest BCUT2D eigenvalue weighted by molar-refractivity contribution is 0.0167. The molecule has 0 amide bonds. The van der Waals surface area contributed by atoms with Crippen LogP contribution in [-0.2, 0) is 4.74 Å². The predicted octanol–water partition coefficient (Wildman–Crippen LogP) is 2.51. The maximum absolute atomic E-state index is 5.71. The van der Waals surface area contributed by atoms with Gasteiger partial charge in [-0.25, -0.2) is 0 Å². The zero-order chi connectivity index (χ0) is 7.56. The Hall–Kier alpha value is 0.310. The molecule has 60 valence electrons. The second-order valence-electron chi connectivity index (χ2n) is 3.22. The molecular formula is C8H16OS. The van der Waals surface area contributed by atoms with Crippen LogP contribution in [0.1, 0.15) is 27.2 Å². The first-order valence-electron chi connectivity index (χ1n) is 3.97. The molecule has 1 saturated heterocycles. The van der Waals surface area contributed by atoms with Crippen molar-refractivity contribution in [2.45, 2.75) is 38.7 Å². The Labute approximate surface area is 67.5 Å². The van der Waals surface area contributed by atoms with E-state index >= 15 is 0 Å². The van der Waals surface area contributed by atoms with E-state index in [9.17, 15) is 0 Å². The van der Waals surface area contributed by atoms with Gasteiger partial charge in [0.15, 0.2) is 0 Å². The quantitative estimate of drug-likeness (QED) is 0.583. The van der Waals surface area contributed by atoms with Gasteiger partial charge < -0.3 is 4.74 Å². The van der Waals surface area contributed by atoms with E-state index in [4.69, 9.17) is 4.74 Å². The van der Waals surface area contributed by atoms with Crippen LogP contribution in [0.25, 0.3) is 0 Å². The van der Waals surface area contributed by atoms with Crippen LogP contribution in [0.2, 0.25) is 0 Å². The van der Waals surface area contributed by atoms with Crippen molar-refractivity contribution in [1.82, 2.24) is 0 Å². The molecule has 0 radical (unpaired) electrons. The van der Waals surface area contributed by atoms with Gasteiger partial charge in [0.25, 0.3) is 0 Å². The van der Waals surface area contributed by atoms with Crippen LogP contribution < -0.4 is 0 Å². The van der Waals surface area contributed by atoms with Gasteiger partial charge in [-0.1, -0.05) is 13.8 Å². The maximum atomic E-state index is 5.71. The van der Waals surface area contributed by atoms with Crippen LogP contribution in [0.3, 0.4) is 0 Å². The average molecular weight is 160 g/mol. The molecule has 0 spiro atoms. The molecule has 0 N–H and O–H groups in total. The molecule has 0 aliphatic carbocycles. The molecule has 2 unspecified atom stereocenters. The molecule has 1 aliphatic heterocycles. The summed E-state index contributed by atoms with van der Waals surface area (Å²) in [5.41, 5.74) is 0.448. The van der Waals surface area contributed by atoms with Crippen molar-refractivity contribution in [3.05, 3.63) is 0 Å². The number of hydrogen-bond donors (Lipinski definition) is 0. The van der Waals surface area contributed by atoms with E-state index in [1.807, 2.05) is 11.8 Å². The van der Waals surface area contributed by atoms with Crippen LogP contribution in [0.15, 0.2) is 0 Å². The number of rotatable bonds is 1. The van der Waals surface area contributed by atoms with Crippen molar-refractivity contribution in [3.8, 4) is 0 Å². The number of ether oxygens (including phenoxy) is 1. The second-order valence-corrected chi connectivity index (χ2v) is 4.42. The number of hydrogen-bond acceptors (Lipinski definition) is 2. The Morgan fingerprint density at radius 3 is 2.60 bits per heavy atom. The summed E-state index contributed by atoms with van der Waals surface area (Å²) >= 11 is 1.95. The zero-order valence-electron chi connectivity index (χ0n) is 6.96. The van der Waals surface area contributed by atoms with Crippen molar-refractivity contribution in [1.29, 1.82) is 0 Å². The lowest BCUT2D eigenvalue weighted by Gasteiger charge is -2.29. The predicted molar refractivity (Wildman–Crippen MR) is 46.2 cm³/mol. The Morgan fingerprint density at radius 2 is 2.20 bits per heavy atom. The molecule has 10 heavy (non-hydrogen) atoms. The summed E-state index contributed by atoms with van der Waals surface area (Å²) in [5, 5.41) is 0. The Bertz CT molecular complexity index is 103. The lowest BCUT2D eigenvalue weighted by atomic mass is 10.2. The van der Waals surface area contributed by atoms with Crippen molar-refractivity contribution in [2.24, 2.45) is 5.92 Å². The molecule has 1 nitrogen and oxygen atoms in total. The Balaban J connectivity index is 2.32. The summed E-state index contributed by atoms with van der Waals surface area (Å²) in [4.78, 5) is 0. The summed E-state index contributed by atoms with van der Waals surface area (Å²) in [6.45, 7) is 6.60. The third-order valence-electron chi connectivity index (χ3n) is 1.72. The first kappa shape index (κ1) is 8.41. The van der Waals surface area contributed by atoms with E-state index in [2.05, 4.69) is 20.8 Å². The van der Waals surface area contributed by atoms with E-state index in [1.54, 1.807) is 0 Å². The van der Waals surface area contributed by atoms with Crippen LogP contribution in [-0.4, -0.2) is 17.3 Å². The molecular weight excluding hydrogens is 144 g/mol. The van der Waals surface area contributed by atoms with Gasteiger partial charge >= 0.3 is 0 Å². The highest BCUT2D eigenvalue weighted by Gasteiger charge is 2.21. The fraction of sp³-hybridized carbons (Fsp3) is 1.00. The Morgan fingerprint density at radius 1 is 1.50 bits per heavy atom. The molecule has 0 saturated carbocycles. The van der Waals surface area contributed by atoms with Gasteiger partial charge in [-0.2, -0.15) is 0 Å². The lowest BCUT2D eigenvalue weighted by Crippen LogP contribution is -2.27. The normalized spacial score (nSPS) is 34.8. The van der Waals surface area contributed by atoms with Crippen LogP contribution >= 0.6 is 11.8 Å². The van der Waals surface area contributed by atoms with Crippen molar-refractivity contribution in [2.75, 3.05) is 5.75 Å². The Kier molecular flexibility index (Phi) is 3.05. The van der Waals surface area contributed by atoms with E-state index < -0.39 is 0 Å². The molecule has 2 heteroatoms. The maximum Gasteiger partial charge on any atom is 0.105 e. The highest BCUT2D eigenvalue weighted by molar-refractivity contribution is 7.99. The molecule has 0 aromatic rings.